The summed E-state index contributed by atoms with van der Waals surface area (Å²) in [6.45, 7) is 1.06. The van der Waals surface area contributed by atoms with Crippen LogP contribution in [-0.2, 0) is 4.79 Å². The summed E-state index contributed by atoms with van der Waals surface area (Å²) in [5.41, 5.74) is 5.42. The summed E-state index contributed by atoms with van der Waals surface area (Å²) in [7, 11) is 0. The van der Waals surface area contributed by atoms with Gasteiger partial charge in [0, 0.05) is 38.0 Å². The number of likely N-dealkylation sites (tertiary alicyclic amines) is 1. The van der Waals surface area contributed by atoms with Crippen molar-refractivity contribution >= 4 is 11.7 Å². The molecule has 6 heteroatoms. The number of benzene rings is 1. The van der Waals surface area contributed by atoms with Crippen LogP contribution >= 0.6 is 0 Å². The maximum absolute atomic E-state index is 13.5. The van der Waals surface area contributed by atoms with E-state index in [0.717, 1.165) is 25.0 Å². The lowest BCUT2D eigenvalue weighted by molar-refractivity contribution is -0.131. The highest BCUT2D eigenvalue weighted by Gasteiger charge is 2.27. The van der Waals surface area contributed by atoms with Crippen LogP contribution in [0.1, 0.15) is 36.0 Å². The first-order valence-electron chi connectivity index (χ1n) is 7.00. The molecule has 1 unspecified atom stereocenters. The second-order valence-corrected chi connectivity index (χ2v) is 5.17. The van der Waals surface area contributed by atoms with Gasteiger partial charge in [0.25, 0.3) is 0 Å². The molecule has 0 spiro atoms. The monoisotopic (exact) mass is 296 g/mol. The minimum atomic E-state index is -0.895. The van der Waals surface area contributed by atoms with Crippen molar-refractivity contribution in [3.05, 3.63) is 35.4 Å². The van der Waals surface area contributed by atoms with Crippen LogP contribution in [0, 0.1) is 11.6 Å². The van der Waals surface area contributed by atoms with Gasteiger partial charge < -0.3 is 10.6 Å². The van der Waals surface area contributed by atoms with Gasteiger partial charge in [-0.05, 0) is 25.0 Å². The van der Waals surface area contributed by atoms with Crippen molar-refractivity contribution in [1.82, 2.24) is 4.90 Å². The second kappa shape index (κ2) is 6.76. The molecular weight excluding hydrogens is 278 g/mol. The molecule has 4 nitrogen and oxygen atoms in total. The first kappa shape index (κ1) is 15.6. The first-order chi connectivity index (χ1) is 10.0. The molecular formula is C15H18F2N2O2. The summed E-state index contributed by atoms with van der Waals surface area (Å²) in [4.78, 5) is 25.6. The highest BCUT2D eigenvalue weighted by Crippen LogP contribution is 2.19. The summed E-state index contributed by atoms with van der Waals surface area (Å²) in [6, 6.07) is 2.84. The molecule has 0 saturated carbocycles. The fourth-order valence-corrected chi connectivity index (χ4v) is 2.62. The van der Waals surface area contributed by atoms with Crippen molar-refractivity contribution in [3.8, 4) is 0 Å². The topological polar surface area (TPSA) is 63.4 Å². The lowest BCUT2D eigenvalue weighted by atomic mass is 10.1. The van der Waals surface area contributed by atoms with E-state index in [0.29, 0.717) is 19.2 Å². The molecule has 114 valence electrons. The van der Waals surface area contributed by atoms with E-state index in [1.807, 2.05) is 0 Å². The van der Waals surface area contributed by atoms with E-state index in [1.165, 1.54) is 0 Å². The molecule has 1 atom stereocenters. The van der Waals surface area contributed by atoms with Gasteiger partial charge in [-0.25, -0.2) is 8.78 Å². The molecule has 1 aromatic carbocycles. The van der Waals surface area contributed by atoms with E-state index in [2.05, 4.69) is 0 Å². The normalized spacial score (nSPS) is 18.0. The highest BCUT2D eigenvalue weighted by atomic mass is 19.1. The van der Waals surface area contributed by atoms with Crippen molar-refractivity contribution in [3.63, 3.8) is 0 Å². The molecule has 0 radical (unpaired) electrons. The molecule has 1 aliphatic heterocycles. The maximum Gasteiger partial charge on any atom is 0.223 e. The van der Waals surface area contributed by atoms with Crippen molar-refractivity contribution in [2.45, 2.75) is 31.7 Å². The number of halogens is 2. The lowest BCUT2D eigenvalue weighted by Gasteiger charge is -2.23. The van der Waals surface area contributed by atoms with Gasteiger partial charge in [-0.1, -0.05) is 0 Å². The average molecular weight is 296 g/mol. The first-order valence-corrected chi connectivity index (χ1v) is 7.00. The smallest absolute Gasteiger partial charge is 0.223 e. The standard InChI is InChI=1S/C15H18F2N2O2/c16-10-3-4-12(13(17)8-10)14(20)5-6-15(21)19-7-1-2-11(19)9-18/h3-4,8,11H,1-2,5-7,9,18H2. The van der Waals surface area contributed by atoms with E-state index in [-0.39, 0.29) is 30.4 Å². The number of rotatable bonds is 5. The molecule has 21 heavy (non-hydrogen) atoms. The quantitative estimate of drug-likeness (QED) is 0.844. The third-order valence-electron chi connectivity index (χ3n) is 3.77. The SMILES string of the molecule is NCC1CCCN1C(=O)CCC(=O)c1ccc(F)cc1F. The molecule has 1 fully saturated rings. The Morgan fingerprint density at radius 2 is 2.05 bits per heavy atom. The third kappa shape index (κ3) is 3.64. The molecule has 0 aliphatic carbocycles. The largest absolute Gasteiger partial charge is 0.338 e. The molecule has 1 aliphatic rings. The minimum Gasteiger partial charge on any atom is -0.338 e. The Kier molecular flexibility index (Phi) is 5.01. The van der Waals surface area contributed by atoms with Crippen molar-refractivity contribution in [2.75, 3.05) is 13.1 Å². The molecule has 0 bridgehead atoms. The molecule has 1 aromatic rings. The number of carbonyl (C=O) groups excluding carboxylic acids is 2. The van der Waals surface area contributed by atoms with Gasteiger partial charge in [0.15, 0.2) is 5.78 Å². The van der Waals surface area contributed by atoms with E-state index in [9.17, 15) is 18.4 Å². The van der Waals surface area contributed by atoms with E-state index < -0.39 is 17.4 Å². The fourth-order valence-electron chi connectivity index (χ4n) is 2.62. The molecule has 2 rings (SSSR count). The summed E-state index contributed by atoms with van der Waals surface area (Å²) in [6.07, 6.45) is 1.72. The van der Waals surface area contributed by atoms with E-state index in [4.69, 9.17) is 5.73 Å². The van der Waals surface area contributed by atoms with Crippen molar-refractivity contribution in [1.29, 1.82) is 0 Å². The van der Waals surface area contributed by atoms with Gasteiger partial charge in [0.1, 0.15) is 11.6 Å². The number of amides is 1. The van der Waals surface area contributed by atoms with E-state index in [1.54, 1.807) is 4.90 Å². The highest BCUT2D eigenvalue weighted by molar-refractivity contribution is 5.98. The zero-order chi connectivity index (χ0) is 15.4. The number of hydrogen-bond donors (Lipinski definition) is 1. The number of ketones is 1. The van der Waals surface area contributed by atoms with Gasteiger partial charge in [-0.2, -0.15) is 0 Å². The Balaban J connectivity index is 1.93. The molecule has 0 aromatic heterocycles. The number of Topliss-reactive ketones (excluding diaryl/α,β-unsaturated/α-hetero) is 1. The number of nitrogens with two attached hydrogens (primary N) is 1. The Hall–Kier alpha value is -1.82. The Morgan fingerprint density at radius 1 is 1.29 bits per heavy atom. The zero-order valence-electron chi connectivity index (χ0n) is 11.6. The zero-order valence-corrected chi connectivity index (χ0v) is 11.6. The Bertz CT molecular complexity index is 548. The van der Waals surface area contributed by atoms with Gasteiger partial charge >= 0.3 is 0 Å². The Labute approximate surface area is 121 Å². The number of carbonyl (C=O) groups is 2. The minimum absolute atomic E-state index is 0.0200. The summed E-state index contributed by atoms with van der Waals surface area (Å²) in [5, 5.41) is 0. The number of hydrogen-bond acceptors (Lipinski definition) is 3. The van der Waals surface area contributed by atoms with Crippen LogP contribution in [0.4, 0.5) is 8.78 Å². The van der Waals surface area contributed by atoms with Crippen LogP contribution in [-0.4, -0.2) is 35.7 Å². The fraction of sp³-hybridized carbons (Fsp3) is 0.467. The second-order valence-electron chi connectivity index (χ2n) is 5.17. The summed E-state index contributed by atoms with van der Waals surface area (Å²) in [5.74, 6) is -2.26. The van der Waals surface area contributed by atoms with Crippen LogP contribution in [0.5, 0.6) is 0 Å². The molecule has 1 heterocycles. The summed E-state index contributed by atoms with van der Waals surface area (Å²) >= 11 is 0. The molecule has 1 saturated heterocycles. The number of nitrogens with zero attached hydrogens (tertiary/aromatic N) is 1. The van der Waals surface area contributed by atoms with Crippen LogP contribution in [0.15, 0.2) is 18.2 Å². The average Bonchev–Trinajstić information content (AvgIpc) is 2.92. The van der Waals surface area contributed by atoms with Gasteiger partial charge in [-0.3, -0.25) is 9.59 Å². The van der Waals surface area contributed by atoms with Gasteiger partial charge in [0.05, 0.1) is 5.56 Å². The predicted octanol–water partition coefficient (Wildman–Crippen LogP) is 1.88. The van der Waals surface area contributed by atoms with Crippen LogP contribution in [0.25, 0.3) is 0 Å². The maximum atomic E-state index is 13.5. The summed E-state index contributed by atoms with van der Waals surface area (Å²) < 4.78 is 26.3. The molecule has 1 amide bonds. The van der Waals surface area contributed by atoms with Crippen LogP contribution < -0.4 is 5.73 Å². The van der Waals surface area contributed by atoms with Crippen LogP contribution in [0.3, 0.4) is 0 Å². The Morgan fingerprint density at radius 3 is 2.71 bits per heavy atom. The van der Waals surface area contributed by atoms with E-state index >= 15 is 0 Å². The van der Waals surface area contributed by atoms with Crippen molar-refractivity contribution < 1.29 is 18.4 Å². The lowest BCUT2D eigenvalue weighted by Crippen LogP contribution is -2.40. The predicted molar refractivity (Wildman–Crippen MR) is 73.7 cm³/mol. The van der Waals surface area contributed by atoms with Crippen molar-refractivity contribution in [2.24, 2.45) is 5.73 Å². The third-order valence-corrected chi connectivity index (χ3v) is 3.77. The molecule has 2 N–H and O–H groups in total. The van der Waals surface area contributed by atoms with Gasteiger partial charge in [-0.15, -0.1) is 0 Å². The van der Waals surface area contributed by atoms with Gasteiger partial charge in [0.2, 0.25) is 5.91 Å². The van der Waals surface area contributed by atoms with Crippen LogP contribution in [0.2, 0.25) is 0 Å².